The van der Waals surface area contributed by atoms with Crippen LogP contribution in [-0.4, -0.2) is 27.8 Å². The SMILES string of the molecule is CCCOc1nnc(C)c(C)c1/C(N)=N/O. The van der Waals surface area contributed by atoms with Crippen LogP contribution >= 0.6 is 0 Å². The summed E-state index contributed by atoms with van der Waals surface area (Å²) in [6, 6.07) is 0. The number of hydrogen-bond acceptors (Lipinski definition) is 5. The minimum Gasteiger partial charge on any atom is -0.476 e. The number of aryl methyl sites for hydroxylation is 1. The molecule has 0 unspecified atom stereocenters. The lowest BCUT2D eigenvalue weighted by atomic mass is 10.1. The lowest BCUT2D eigenvalue weighted by Crippen LogP contribution is -2.19. The van der Waals surface area contributed by atoms with E-state index in [0.717, 1.165) is 17.7 Å². The fourth-order valence-electron chi connectivity index (χ4n) is 1.24. The summed E-state index contributed by atoms with van der Waals surface area (Å²) in [5, 5.41) is 19.5. The van der Waals surface area contributed by atoms with Crippen molar-refractivity contribution in [3.63, 3.8) is 0 Å². The number of aromatic nitrogens is 2. The Hall–Kier alpha value is -1.85. The monoisotopic (exact) mass is 224 g/mol. The second-order valence-corrected chi connectivity index (χ2v) is 3.42. The third-order valence-electron chi connectivity index (χ3n) is 2.23. The largest absolute Gasteiger partial charge is 0.476 e. The van der Waals surface area contributed by atoms with E-state index in [1.165, 1.54) is 0 Å². The first kappa shape index (κ1) is 12.2. The molecule has 0 saturated carbocycles. The summed E-state index contributed by atoms with van der Waals surface area (Å²) < 4.78 is 5.40. The number of ether oxygens (including phenoxy) is 1. The molecule has 1 aromatic rings. The van der Waals surface area contributed by atoms with Gasteiger partial charge in [-0.2, -0.15) is 5.10 Å². The predicted molar refractivity (Wildman–Crippen MR) is 59.8 cm³/mol. The molecular weight excluding hydrogens is 208 g/mol. The minimum atomic E-state index is -0.0124. The van der Waals surface area contributed by atoms with Gasteiger partial charge in [0.15, 0.2) is 5.84 Å². The molecule has 0 amide bonds. The molecule has 88 valence electrons. The van der Waals surface area contributed by atoms with Gasteiger partial charge in [0.2, 0.25) is 5.88 Å². The van der Waals surface area contributed by atoms with Gasteiger partial charge >= 0.3 is 0 Å². The van der Waals surface area contributed by atoms with Gasteiger partial charge in [0, 0.05) is 0 Å². The van der Waals surface area contributed by atoms with Crippen LogP contribution in [0.2, 0.25) is 0 Å². The average molecular weight is 224 g/mol. The van der Waals surface area contributed by atoms with Crippen molar-refractivity contribution < 1.29 is 9.94 Å². The van der Waals surface area contributed by atoms with Crippen LogP contribution in [0.15, 0.2) is 5.16 Å². The first-order valence-electron chi connectivity index (χ1n) is 5.06. The van der Waals surface area contributed by atoms with E-state index >= 15 is 0 Å². The zero-order chi connectivity index (χ0) is 12.1. The summed E-state index contributed by atoms with van der Waals surface area (Å²) in [7, 11) is 0. The third kappa shape index (κ3) is 2.39. The minimum absolute atomic E-state index is 0.0124. The standard InChI is InChI=1S/C10H16N4O2/c1-4-5-16-10-8(9(11)14-15)6(2)7(3)12-13-10/h15H,4-5H2,1-3H3,(H2,11,14). The topological polar surface area (TPSA) is 93.6 Å². The molecule has 0 spiro atoms. The number of rotatable bonds is 4. The first-order valence-corrected chi connectivity index (χ1v) is 5.06. The normalized spacial score (nSPS) is 11.6. The van der Waals surface area contributed by atoms with Crippen molar-refractivity contribution in [2.24, 2.45) is 10.9 Å². The molecule has 0 atom stereocenters. The lowest BCUT2D eigenvalue weighted by Gasteiger charge is -2.11. The van der Waals surface area contributed by atoms with Crippen molar-refractivity contribution in [1.29, 1.82) is 0 Å². The van der Waals surface area contributed by atoms with Gasteiger partial charge in [0.05, 0.1) is 17.9 Å². The highest BCUT2D eigenvalue weighted by atomic mass is 16.5. The highest BCUT2D eigenvalue weighted by Crippen LogP contribution is 2.20. The molecule has 1 aromatic heterocycles. The molecule has 0 bridgehead atoms. The van der Waals surface area contributed by atoms with Crippen LogP contribution in [0.1, 0.15) is 30.2 Å². The summed E-state index contributed by atoms with van der Waals surface area (Å²) >= 11 is 0. The van der Waals surface area contributed by atoms with E-state index in [9.17, 15) is 0 Å². The Morgan fingerprint density at radius 3 is 2.69 bits per heavy atom. The Morgan fingerprint density at radius 2 is 2.12 bits per heavy atom. The van der Waals surface area contributed by atoms with Crippen molar-refractivity contribution in [2.45, 2.75) is 27.2 Å². The second kappa shape index (κ2) is 5.29. The van der Waals surface area contributed by atoms with Gasteiger partial charge in [0.25, 0.3) is 0 Å². The maximum Gasteiger partial charge on any atom is 0.244 e. The first-order chi connectivity index (χ1) is 7.61. The summed E-state index contributed by atoms with van der Waals surface area (Å²) in [5.74, 6) is 0.293. The summed E-state index contributed by atoms with van der Waals surface area (Å²) in [6.07, 6.45) is 0.851. The Labute approximate surface area is 94.1 Å². The summed E-state index contributed by atoms with van der Waals surface area (Å²) in [6.45, 7) is 6.14. The predicted octanol–water partition coefficient (Wildman–Crippen LogP) is 0.977. The lowest BCUT2D eigenvalue weighted by molar-refractivity contribution is 0.298. The highest BCUT2D eigenvalue weighted by molar-refractivity contribution is 6.00. The molecule has 0 radical (unpaired) electrons. The molecule has 0 aromatic carbocycles. The maximum absolute atomic E-state index is 8.71. The Morgan fingerprint density at radius 1 is 1.44 bits per heavy atom. The van der Waals surface area contributed by atoms with Crippen LogP contribution in [0.3, 0.4) is 0 Å². The molecule has 1 rings (SSSR count). The highest BCUT2D eigenvalue weighted by Gasteiger charge is 2.16. The Kier molecular flexibility index (Phi) is 4.04. The maximum atomic E-state index is 8.71. The van der Waals surface area contributed by atoms with Crippen LogP contribution in [0.5, 0.6) is 5.88 Å². The molecule has 0 aliphatic rings. The molecule has 0 saturated heterocycles. The van der Waals surface area contributed by atoms with Gasteiger partial charge in [-0.3, -0.25) is 0 Å². The van der Waals surface area contributed by atoms with Crippen LogP contribution < -0.4 is 10.5 Å². The van der Waals surface area contributed by atoms with Crippen LogP contribution in [0.4, 0.5) is 0 Å². The second-order valence-electron chi connectivity index (χ2n) is 3.42. The van der Waals surface area contributed by atoms with Crippen molar-refractivity contribution in [2.75, 3.05) is 6.61 Å². The third-order valence-corrected chi connectivity index (χ3v) is 2.23. The van der Waals surface area contributed by atoms with Crippen LogP contribution in [0.25, 0.3) is 0 Å². The Balaban J connectivity index is 3.22. The molecule has 3 N–H and O–H groups in total. The van der Waals surface area contributed by atoms with E-state index in [4.69, 9.17) is 15.7 Å². The number of hydrogen-bond donors (Lipinski definition) is 2. The van der Waals surface area contributed by atoms with E-state index < -0.39 is 0 Å². The summed E-state index contributed by atoms with van der Waals surface area (Å²) in [5.41, 5.74) is 7.62. The quantitative estimate of drug-likeness (QED) is 0.344. The van der Waals surface area contributed by atoms with Gasteiger partial charge in [-0.1, -0.05) is 12.1 Å². The number of nitrogens with zero attached hydrogens (tertiary/aromatic N) is 3. The van der Waals surface area contributed by atoms with Crippen LogP contribution in [0, 0.1) is 13.8 Å². The van der Waals surface area contributed by atoms with Crippen molar-refractivity contribution in [3.05, 3.63) is 16.8 Å². The number of oxime groups is 1. The van der Waals surface area contributed by atoms with E-state index in [1.807, 2.05) is 13.8 Å². The van der Waals surface area contributed by atoms with Gasteiger partial charge < -0.3 is 15.7 Å². The van der Waals surface area contributed by atoms with E-state index in [1.54, 1.807) is 6.92 Å². The summed E-state index contributed by atoms with van der Waals surface area (Å²) in [4.78, 5) is 0. The van der Waals surface area contributed by atoms with Crippen molar-refractivity contribution in [1.82, 2.24) is 10.2 Å². The fraction of sp³-hybridized carbons (Fsp3) is 0.500. The van der Waals surface area contributed by atoms with Gasteiger partial charge in [-0.25, -0.2) is 0 Å². The zero-order valence-corrected chi connectivity index (χ0v) is 9.69. The Bertz CT molecular complexity index is 404. The van der Waals surface area contributed by atoms with Crippen molar-refractivity contribution >= 4 is 5.84 Å². The van der Waals surface area contributed by atoms with Gasteiger partial charge in [-0.15, -0.1) is 5.10 Å². The molecule has 1 heterocycles. The van der Waals surface area contributed by atoms with E-state index in [2.05, 4.69) is 15.4 Å². The average Bonchev–Trinajstić information content (AvgIpc) is 2.29. The zero-order valence-electron chi connectivity index (χ0n) is 9.69. The smallest absolute Gasteiger partial charge is 0.244 e. The molecule has 6 heteroatoms. The molecular formula is C10H16N4O2. The van der Waals surface area contributed by atoms with Gasteiger partial charge in [-0.05, 0) is 25.8 Å². The van der Waals surface area contributed by atoms with E-state index in [-0.39, 0.29) is 5.84 Å². The number of nitrogens with two attached hydrogens (primary N) is 1. The molecule has 6 nitrogen and oxygen atoms in total. The molecule has 0 aliphatic heterocycles. The fourth-order valence-corrected chi connectivity index (χ4v) is 1.24. The van der Waals surface area contributed by atoms with E-state index in [0.29, 0.717) is 18.1 Å². The van der Waals surface area contributed by atoms with Crippen molar-refractivity contribution in [3.8, 4) is 5.88 Å². The van der Waals surface area contributed by atoms with Gasteiger partial charge in [0.1, 0.15) is 0 Å². The molecule has 16 heavy (non-hydrogen) atoms. The van der Waals surface area contributed by atoms with Crippen LogP contribution in [-0.2, 0) is 0 Å². The molecule has 0 aliphatic carbocycles. The molecule has 0 fully saturated rings. The number of amidine groups is 1.